The molecule has 0 radical (unpaired) electrons. The molecule has 1 fully saturated rings. The van der Waals surface area contributed by atoms with Gasteiger partial charge in [0.25, 0.3) is 12.9 Å². The number of ether oxygens (including phenoxy) is 1. The number of hydrogen-bond donors (Lipinski definition) is 1. The van der Waals surface area contributed by atoms with E-state index in [-0.39, 0.29) is 18.2 Å². The van der Waals surface area contributed by atoms with Crippen LogP contribution in [-0.2, 0) is 14.3 Å². The van der Waals surface area contributed by atoms with Crippen LogP contribution in [-0.4, -0.2) is 80.1 Å². The quantitative estimate of drug-likeness (QED) is 0.523. The number of amides is 3. The van der Waals surface area contributed by atoms with E-state index in [4.69, 9.17) is 4.74 Å². The Morgan fingerprint density at radius 3 is 2.19 bits per heavy atom. The van der Waals surface area contributed by atoms with Crippen molar-refractivity contribution in [3.8, 4) is 0 Å². The van der Waals surface area contributed by atoms with E-state index in [0.29, 0.717) is 42.6 Å². The minimum Gasteiger partial charge on any atom is -0.450 e. The Labute approximate surface area is 210 Å². The molecule has 0 aromatic carbocycles. The first-order valence-electron chi connectivity index (χ1n) is 11.7. The van der Waals surface area contributed by atoms with Crippen LogP contribution in [0.3, 0.4) is 0 Å². The van der Waals surface area contributed by atoms with E-state index in [1.807, 2.05) is 0 Å². The monoisotopic (exact) mass is 531 g/mol. The fraction of sp³-hybridized carbons (Fsp3) is 0.591. The fourth-order valence-electron chi connectivity index (χ4n) is 3.86. The summed E-state index contributed by atoms with van der Waals surface area (Å²) in [6, 6.07) is -1.49. The highest BCUT2D eigenvalue weighted by Crippen LogP contribution is 2.28. The molecule has 11 nitrogen and oxygen atoms in total. The lowest BCUT2D eigenvalue weighted by Crippen LogP contribution is -2.52. The Morgan fingerprint density at radius 2 is 1.62 bits per heavy atom. The van der Waals surface area contributed by atoms with Gasteiger partial charge < -0.3 is 19.9 Å². The molecule has 1 aliphatic rings. The lowest BCUT2D eigenvalue weighted by Gasteiger charge is -2.35. The second kappa shape index (κ2) is 11.6. The number of anilines is 1. The van der Waals surface area contributed by atoms with Gasteiger partial charge in [-0.25, -0.2) is 22.4 Å². The lowest BCUT2D eigenvalue weighted by molar-refractivity contribution is -0.136. The molecule has 2 unspecified atom stereocenters. The summed E-state index contributed by atoms with van der Waals surface area (Å²) in [5.74, 6) is -1.02. The third kappa shape index (κ3) is 6.20. The first kappa shape index (κ1) is 27.9. The number of nitrogens with one attached hydrogen (secondary N) is 1. The first-order chi connectivity index (χ1) is 17.4. The van der Waals surface area contributed by atoms with Crippen molar-refractivity contribution in [2.24, 2.45) is 0 Å². The Balaban J connectivity index is 1.67. The van der Waals surface area contributed by atoms with Crippen molar-refractivity contribution >= 4 is 23.6 Å². The average Bonchev–Trinajstić information content (AvgIpc) is 3.47. The van der Waals surface area contributed by atoms with Gasteiger partial charge in [-0.3, -0.25) is 19.0 Å². The molecule has 2 aromatic rings. The van der Waals surface area contributed by atoms with E-state index in [2.05, 4.69) is 15.5 Å². The summed E-state index contributed by atoms with van der Waals surface area (Å²) < 4.78 is 59.5. The molecule has 2 atom stereocenters. The molecule has 3 amide bonds. The summed E-state index contributed by atoms with van der Waals surface area (Å²) in [5.41, 5.74) is -1.07. The number of carbonyl (C=O) groups is 3. The molecule has 1 N–H and O–H groups in total. The minimum absolute atomic E-state index is 0.225. The Hall–Kier alpha value is -3.65. The molecule has 0 spiro atoms. The average molecular weight is 532 g/mol. The van der Waals surface area contributed by atoms with Crippen LogP contribution in [0.5, 0.6) is 0 Å². The van der Waals surface area contributed by atoms with Gasteiger partial charge in [-0.05, 0) is 33.8 Å². The predicted molar refractivity (Wildman–Crippen MR) is 122 cm³/mol. The van der Waals surface area contributed by atoms with Gasteiger partial charge in [-0.15, -0.1) is 0 Å². The van der Waals surface area contributed by atoms with Crippen molar-refractivity contribution in [2.75, 3.05) is 38.1 Å². The van der Waals surface area contributed by atoms with Gasteiger partial charge in [-0.1, -0.05) is 0 Å². The van der Waals surface area contributed by atoms with Crippen molar-refractivity contribution in [1.29, 1.82) is 0 Å². The summed E-state index contributed by atoms with van der Waals surface area (Å²) in [5, 5.41) is 10.3. The smallest absolute Gasteiger partial charge is 0.409 e. The summed E-state index contributed by atoms with van der Waals surface area (Å²) in [6.45, 7) is 7.74. The number of nitrogens with zero attached hydrogens (tertiary/aromatic N) is 6. The number of carbonyl (C=O) groups excluding carboxylic acids is 3. The van der Waals surface area contributed by atoms with Crippen molar-refractivity contribution in [2.45, 2.75) is 52.6 Å². The van der Waals surface area contributed by atoms with Crippen LogP contribution in [0.15, 0.2) is 12.3 Å². The Bertz CT molecular complexity index is 1130. The van der Waals surface area contributed by atoms with Crippen LogP contribution >= 0.6 is 0 Å². The second-order valence-corrected chi connectivity index (χ2v) is 8.50. The minimum atomic E-state index is -3.11. The molecular formula is C22H29F4N7O4. The maximum absolute atomic E-state index is 13.3. The molecule has 15 heteroatoms. The van der Waals surface area contributed by atoms with Crippen molar-refractivity contribution in [3.05, 3.63) is 29.3 Å². The SMILES string of the molecule is CCOC(=O)N1CCN(C(=O)C(C)n2cc(NC(=O)C(C)n3nc(C(F)F)cc3C(F)F)c(C)n2)CC1. The van der Waals surface area contributed by atoms with Gasteiger partial charge in [-0.2, -0.15) is 10.2 Å². The predicted octanol–water partition coefficient (Wildman–Crippen LogP) is 3.32. The Kier molecular flexibility index (Phi) is 8.76. The molecule has 0 saturated carbocycles. The van der Waals surface area contributed by atoms with Crippen LogP contribution < -0.4 is 5.32 Å². The molecule has 0 bridgehead atoms. The number of hydrogen-bond acceptors (Lipinski definition) is 6. The van der Waals surface area contributed by atoms with Gasteiger partial charge in [0.1, 0.15) is 23.5 Å². The lowest BCUT2D eigenvalue weighted by atomic mass is 10.2. The molecule has 204 valence electrons. The Morgan fingerprint density at radius 1 is 1.00 bits per heavy atom. The van der Waals surface area contributed by atoms with Gasteiger partial charge in [0.2, 0.25) is 11.8 Å². The maximum Gasteiger partial charge on any atom is 0.409 e. The zero-order chi connectivity index (χ0) is 27.4. The normalized spacial score (nSPS) is 15.7. The van der Waals surface area contributed by atoms with Crippen LogP contribution in [0, 0.1) is 6.92 Å². The van der Waals surface area contributed by atoms with Crippen LogP contribution in [0.2, 0.25) is 0 Å². The van der Waals surface area contributed by atoms with Crippen LogP contribution in [0.25, 0.3) is 0 Å². The summed E-state index contributed by atoms with van der Waals surface area (Å²) in [6.07, 6.45) is -5.17. The van der Waals surface area contributed by atoms with E-state index in [9.17, 15) is 31.9 Å². The molecule has 3 heterocycles. The highest BCUT2D eigenvalue weighted by molar-refractivity contribution is 5.94. The molecule has 0 aliphatic carbocycles. The number of aryl methyl sites for hydroxylation is 1. The summed E-state index contributed by atoms with van der Waals surface area (Å²) in [4.78, 5) is 40.7. The maximum atomic E-state index is 13.3. The van der Waals surface area contributed by atoms with E-state index in [1.165, 1.54) is 22.7 Å². The van der Waals surface area contributed by atoms with Gasteiger partial charge in [0, 0.05) is 32.4 Å². The van der Waals surface area contributed by atoms with Crippen molar-refractivity contribution in [3.63, 3.8) is 0 Å². The van der Waals surface area contributed by atoms with Crippen molar-refractivity contribution < 1.29 is 36.7 Å². The van der Waals surface area contributed by atoms with Gasteiger partial charge in [0.15, 0.2) is 0 Å². The highest BCUT2D eigenvalue weighted by Gasteiger charge is 2.30. The van der Waals surface area contributed by atoms with E-state index >= 15 is 0 Å². The highest BCUT2D eigenvalue weighted by atomic mass is 19.3. The van der Waals surface area contributed by atoms with Gasteiger partial charge >= 0.3 is 6.09 Å². The molecule has 3 rings (SSSR count). The van der Waals surface area contributed by atoms with E-state index in [1.54, 1.807) is 25.7 Å². The van der Waals surface area contributed by atoms with Crippen LogP contribution in [0.1, 0.15) is 62.8 Å². The standard InChI is InChI=1S/C22H29F4N7O4/c1-5-37-22(36)31-8-6-30(7-9-31)21(35)14(4)32-11-16(12(2)28-32)27-20(34)13(3)33-17(19(25)26)10-15(29-33)18(23)24/h10-11,13-14,18-19H,5-9H2,1-4H3,(H,27,34). The first-order valence-corrected chi connectivity index (χ1v) is 11.7. The number of aromatic nitrogens is 4. The zero-order valence-electron chi connectivity index (χ0n) is 20.8. The number of piperazine rings is 1. The molecule has 2 aromatic heterocycles. The second-order valence-electron chi connectivity index (χ2n) is 8.50. The molecular weight excluding hydrogens is 502 g/mol. The fourth-order valence-corrected chi connectivity index (χ4v) is 3.86. The van der Waals surface area contributed by atoms with Gasteiger partial charge in [0.05, 0.1) is 18.0 Å². The third-order valence-electron chi connectivity index (χ3n) is 6.02. The summed E-state index contributed by atoms with van der Waals surface area (Å²) in [7, 11) is 0. The molecule has 1 aliphatic heterocycles. The number of rotatable bonds is 8. The van der Waals surface area contributed by atoms with E-state index in [0.717, 1.165) is 0 Å². The molecule has 37 heavy (non-hydrogen) atoms. The van der Waals surface area contributed by atoms with E-state index < -0.39 is 48.3 Å². The van der Waals surface area contributed by atoms with Crippen LogP contribution in [0.4, 0.5) is 28.0 Å². The zero-order valence-corrected chi connectivity index (χ0v) is 20.8. The number of halogens is 4. The summed E-state index contributed by atoms with van der Waals surface area (Å²) >= 11 is 0. The topological polar surface area (TPSA) is 115 Å². The largest absolute Gasteiger partial charge is 0.450 e. The third-order valence-corrected chi connectivity index (χ3v) is 6.02. The molecule has 1 saturated heterocycles. The number of alkyl halides is 4. The van der Waals surface area contributed by atoms with Crippen molar-refractivity contribution in [1.82, 2.24) is 29.4 Å².